The highest BCUT2D eigenvalue weighted by Gasteiger charge is 2.06. The molecule has 3 aromatic rings. The van der Waals surface area contributed by atoms with E-state index in [4.69, 9.17) is 0 Å². The Hall–Kier alpha value is -2.95. The summed E-state index contributed by atoms with van der Waals surface area (Å²) in [4.78, 5) is 12.1. The van der Waals surface area contributed by atoms with Gasteiger partial charge in [-0.2, -0.15) is 5.10 Å². The van der Waals surface area contributed by atoms with Crippen LogP contribution in [0.2, 0.25) is 0 Å². The molecule has 5 heteroatoms. The van der Waals surface area contributed by atoms with E-state index in [1.165, 1.54) is 12.1 Å². The van der Waals surface area contributed by atoms with Crippen LogP contribution >= 0.6 is 0 Å². The molecule has 0 aliphatic rings. The largest absolute Gasteiger partial charge is 0.322 e. The number of rotatable bonds is 4. The van der Waals surface area contributed by atoms with Gasteiger partial charge in [-0.05, 0) is 42.0 Å². The van der Waals surface area contributed by atoms with Crippen LogP contribution in [0.15, 0.2) is 67.0 Å². The first-order valence-corrected chi connectivity index (χ1v) is 6.84. The summed E-state index contributed by atoms with van der Waals surface area (Å²) in [7, 11) is 0. The van der Waals surface area contributed by atoms with E-state index < -0.39 is 0 Å². The summed E-state index contributed by atoms with van der Waals surface area (Å²) < 4.78 is 14.9. The van der Waals surface area contributed by atoms with E-state index in [9.17, 15) is 9.18 Å². The van der Waals surface area contributed by atoms with Gasteiger partial charge in [-0.15, -0.1) is 0 Å². The average molecular weight is 295 g/mol. The molecule has 0 saturated carbocycles. The van der Waals surface area contributed by atoms with Crippen molar-refractivity contribution in [1.29, 1.82) is 0 Å². The Balaban J connectivity index is 1.68. The van der Waals surface area contributed by atoms with Crippen LogP contribution in [-0.4, -0.2) is 15.7 Å². The summed E-state index contributed by atoms with van der Waals surface area (Å²) in [5.74, 6) is -0.649. The molecule has 0 bridgehead atoms. The monoisotopic (exact) mass is 295 g/mol. The van der Waals surface area contributed by atoms with Crippen LogP contribution in [-0.2, 0) is 6.54 Å². The second kappa shape index (κ2) is 6.22. The van der Waals surface area contributed by atoms with Crippen molar-refractivity contribution in [2.45, 2.75) is 6.54 Å². The Labute approximate surface area is 127 Å². The lowest BCUT2D eigenvalue weighted by atomic mass is 10.1. The lowest BCUT2D eigenvalue weighted by Crippen LogP contribution is -2.12. The fourth-order valence-electron chi connectivity index (χ4n) is 2.11. The third-order valence-electron chi connectivity index (χ3n) is 3.20. The first kappa shape index (κ1) is 14.0. The van der Waals surface area contributed by atoms with Crippen molar-refractivity contribution in [2.75, 3.05) is 5.32 Å². The summed E-state index contributed by atoms with van der Waals surface area (Å²) in [6, 6.07) is 14.9. The molecule has 0 fully saturated rings. The highest BCUT2D eigenvalue weighted by atomic mass is 19.1. The minimum atomic E-state index is -0.382. The lowest BCUT2D eigenvalue weighted by Gasteiger charge is -2.07. The van der Waals surface area contributed by atoms with E-state index >= 15 is 0 Å². The van der Waals surface area contributed by atoms with Gasteiger partial charge in [-0.1, -0.05) is 18.2 Å². The molecule has 0 unspecified atom stereocenters. The second-order valence-electron chi connectivity index (χ2n) is 4.87. The standard InChI is InChI=1S/C17H14FN3O/c18-15-3-1-4-16(11-15)20-17(22)14-7-5-13(6-8-14)12-21-10-2-9-19-21/h1-11H,12H2,(H,20,22). The van der Waals surface area contributed by atoms with E-state index in [1.54, 1.807) is 30.5 Å². The minimum absolute atomic E-state index is 0.267. The fraction of sp³-hybridized carbons (Fsp3) is 0.0588. The number of nitrogens with one attached hydrogen (secondary N) is 1. The van der Waals surface area contributed by atoms with Gasteiger partial charge in [-0.25, -0.2) is 4.39 Å². The van der Waals surface area contributed by atoms with Crippen LogP contribution in [0.4, 0.5) is 10.1 Å². The highest BCUT2D eigenvalue weighted by Crippen LogP contribution is 2.12. The van der Waals surface area contributed by atoms with E-state index in [-0.39, 0.29) is 11.7 Å². The van der Waals surface area contributed by atoms with Crippen LogP contribution in [0.3, 0.4) is 0 Å². The number of halogens is 1. The van der Waals surface area contributed by atoms with Crippen molar-refractivity contribution in [3.63, 3.8) is 0 Å². The molecule has 22 heavy (non-hydrogen) atoms. The third kappa shape index (κ3) is 3.38. The van der Waals surface area contributed by atoms with Gasteiger partial charge in [0.1, 0.15) is 5.82 Å². The van der Waals surface area contributed by atoms with Crippen molar-refractivity contribution in [2.24, 2.45) is 0 Å². The zero-order valence-corrected chi connectivity index (χ0v) is 11.7. The van der Waals surface area contributed by atoms with E-state index in [0.717, 1.165) is 5.56 Å². The van der Waals surface area contributed by atoms with Crippen molar-refractivity contribution in [3.05, 3.63) is 83.9 Å². The molecule has 110 valence electrons. The van der Waals surface area contributed by atoms with Gasteiger partial charge in [0.05, 0.1) is 6.54 Å². The zero-order chi connectivity index (χ0) is 15.4. The lowest BCUT2D eigenvalue weighted by molar-refractivity contribution is 0.102. The molecule has 1 N–H and O–H groups in total. The quantitative estimate of drug-likeness (QED) is 0.802. The van der Waals surface area contributed by atoms with Gasteiger partial charge in [-0.3, -0.25) is 9.48 Å². The Morgan fingerprint density at radius 2 is 1.95 bits per heavy atom. The summed E-state index contributed by atoms with van der Waals surface area (Å²) in [6.07, 6.45) is 3.60. The Morgan fingerprint density at radius 3 is 2.64 bits per heavy atom. The van der Waals surface area contributed by atoms with Crippen LogP contribution in [0.1, 0.15) is 15.9 Å². The van der Waals surface area contributed by atoms with Crippen molar-refractivity contribution < 1.29 is 9.18 Å². The number of amides is 1. The number of benzene rings is 2. The second-order valence-corrected chi connectivity index (χ2v) is 4.87. The normalized spacial score (nSPS) is 10.4. The average Bonchev–Trinajstić information content (AvgIpc) is 3.01. The van der Waals surface area contributed by atoms with Gasteiger partial charge in [0, 0.05) is 23.6 Å². The van der Waals surface area contributed by atoms with Crippen LogP contribution in [0, 0.1) is 5.82 Å². The number of nitrogens with zero attached hydrogens (tertiary/aromatic N) is 2. The van der Waals surface area contributed by atoms with Gasteiger partial charge in [0.15, 0.2) is 0 Å². The maximum absolute atomic E-state index is 13.1. The van der Waals surface area contributed by atoms with Crippen LogP contribution in [0.5, 0.6) is 0 Å². The fourth-order valence-corrected chi connectivity index (χ4v) is 2.11. The number of carbonyl (C=O) groups is 1. The molecular weight excluding hydrogens is 281 g/mol. The minimum Gasteiger partial charge on any atom is -0.322 e. The SMILES string of the molecule is O=C(Nc1cccc(F)c1)c1ccc(Cn2cccn2)cc1. The molecule has 2 aromatic carbocycles. The smallest absolute Gasteiger partial charge is 0.255 e. The van der Waals surface area contributed by atoms with Crippen molar-refractivity contribution >= 4 is 11.6 Å². The van der Waals surface area contributed by atoms with Gasteiger partial charge >= 0.3 is 0 Å². The molecule has 0 aliphatic carbocycles. The third-order valence-corrected chi connectivity index (χ3v) is 3.20. The molecular formula is C17H14FN3O. The summed E-state index contributed by atoms with van der Waals surface area (Å²) in [6.45, 7) is 0.652. The first-order valence-electron chi connectivity index (χ1n) is 6.84. The van der Waals surface area contributed by atoms with Gasteiger partial charge in [0.25, 0.3) is 5.91 Å². The van der Waals surface area contributed by atoms with E-state index in [0.29, 0.717) is 17.8 Å². The van der Waals surface area contributed by atoms with Gasteiger partial charge in [0.2, 0.25) is 0 Å². The van der Waals surface area contributed by atoms with Crippen molar-refractivity contribution in [1.82, 2.24) is 9.78 Å². The van der Waals surface area contributed by atoms with Crippen LogP contribution in [0.25, 0.3) is 0 Å². The molecule has 1 amide bonds. The number of hydrogen-bond donors (Lipinski definition) is 1. The predicted octanol–water partition coefficient (Wildman–Crippen LogP) is 3.32. The molecule has 3 rings (SSSR count). The molecule has 0 atom stereocenters. The summed E-state index contributed by atoms with van der Waals surface area (Å²) in [5, 5.41) is 6.80. The molecule has 0 saturated heterocycles. The number of anilines is 1. The zero-order valence-electron chi connectivity index (χ0n) is 11.7. The first-order chi connectivity index (χ1) is 10.7. The molecule has 4 nitrogen and oxygen atoms in total. The summed E-state index contributed by atoms with van der Waals surface area (Å²) >= 11 is 0. The maximum atomic E-state index is 13.1. The molecule has 0 aliphatic heterocycles. The van der Waals surface area contributed by atoms with Crippen LogP contribution < -0.4 is 5.32 Å². The maximum Gasteiger partial charge on any atom is 0.255 e. The Morgan fingerprint density at radius 1 is 1.14 bits per heavy atom. The highest BCUT2D eigenvalue weighted by molar-refractivity contribution is 6.04. The molecule has 0 radical (unpaired) electrons. The van der Waals surface area contributed by atoms with E-state index in [2.05, 4.69) is 10.4 Å². The molecule has 1 heterocycles. The van der Waals surface area contributed by atoms with E-state index in [1.807, 2.05) is 29.1 Å². The van der Waals surface area contributed by atoms with Crippen molar-refractivity contribution in [3.8, 4) is 0 Å². The summed E-state index contributed by atoms with van der Waals surface area (Å²) in [5.41, 5.74) is 2.00. The predicted molar refractivity (Wildman–Crippen MR) is 82.1 cm³/mol. The molecule has 0 spiro atoms. The van der Waals surface area contributed by atoms with Gasteiger partial charge < -0.3 is 5.32 Å². The Bertz CT molecular complexity index is 767. The number of hydrogen-bond acceptors (Lipinski definition) is 2. The topological polar surface area (TPSA) is 46.9 Å². The molecule has 1 aromatic heterocycles. The number of carbonyl (C=O) groups excluding carboxylic acids is 1. The number of aromatic nitrogens is 2. The Kier molecular flexibility index (Phi) is 3.96.